The van der Waals surface area contributed by atoms with Crippen LogP contribution in [0.3, 0.4) is 0 Å². The Morgan fingerprint density at radius 1 is 1.03 bits per heavy atom. The second-order valence-electron chi connectivity index (χ2n) is 10.4. The Balaban J connectivity index is 1.70. The van der Waals surface area contributed by atoms with E-state index in [1.807, 2.05) is 67.6 Å². The van der Waals surface area contributed by atoms with Crippen molar-refractivity contribution in [1.29, 1.82) is 0 Å². The number of benzene rings is 2. The minimum Gasteiger partial charge on any atom is -0.354 e. The number of anilines is 2. The molecule has 8 heteroatoms. The number of aromatic nitrogens is 2. The Morgan fingerprint density at radius 3 is 2.35 bits per heavy atom. The molecule has 1 saturated heterocycles. The topological polar surface area (TPSA) is 56.6 Å². The van der Waals surface area contributed by atoms with E-state index < -0.39 is 0 Å². The van der Waals surface area contributed by atoms with Crippen LogP contribution in [-0.4, -0.2) is 63.9 Å². The molecule has 7 nitrogen and oxygen atoms in total. The number of carbonyl (C=O) groups is 1. The van der Waals surface area contributed by atoms with Crippen molar-refractivity contribution in [2.45, 2.75) is 60.2 Å². The molecule has 1 aromatic heterocycles. The predicted octanol–water partition coefficient (Wildman–Crippen LogP) is 5.60. The molecule has 3 aromatic rings. The molecular weight excluding hydrogens is 467 g/mol. The van der Waals surface area contributed by atoms with Crippen LogP contribution in [0.4, 0.5) is 20.7 Å². The predicted molar refractivity (Wildman–Crippen MR) is 148 cm³/mol. The molecule has 198 valence electrons. The van der Waals surface area contributed by atoms with Gasteiger partial charge in [0, 0.05) is 49.5 Å². The van der Waals surface area contributed by atoms with E-state index in [0.717, 1.165) is 54.5 Å². The molecule has 0 radical (unpaired) electrons. The number of nitrogens with zero attached hydrogens (tertiary/aromatic N) is 5. The van der Waals surface area contributed by atoms with Crippen LogP contribution >= 0.6 is 0 Å². The first-order valence-electron chi connectivity index (χ1n) is 13.1. The normalized spacial score (nSPS) is 14.5. The molecule has 1 fully saturated rings. The summed E-state index contributed by atoms with van der Waals surface area (Å²) < 4.78 is 16.1. The maximum Gasteiger partial charge on any atom is 0.322 e. The summed E-state index contributed by atoms with van der Waals surface area (Å²) in [6, 6.07) is 14.6. The Labute approximate surface area is 219 Å². The maximum atomic E-state index is 14.2. The van der Waals surface area contributed by atoms with Crippen molar-refractivity contribution in [1.82, 2.24) is 19.6 Å². The lowest BCUT2D eigenvalue weighted by molar-refractivity contribution is 0.193. The van der Waals surface area contributed by atoms with Gasteiger partial charge >= 0.3 is 6.03 Å². The molecule has 37 heavy (non-hydrogen) atoms. The molecule has 1 aliphatic heterocycles. The molecular formula is C29H39FN6O. The van der Waals surface area contributed by atoms with Crippen LogP contribution in [0.25, 0.3) is 5.69 Å². The van der Waals surface area contributed by atoms with Crippen LogP contribution in [0.5, 0.6) is 0 Å². The van der Waals surface area contributed by atoms with Crippen molar-refractivity contribution < 1.29 is 9.18 Å². The third-order valence-electron chi connectivity index (χ3n) is 7.04. The molecule has 2 heterocycles. The number of urea groups is 1. The van der Waals surface area contributed by atoms with Crippen molar-refractivity contribution in [3.05, 3.63) is 71.2 Å². The number of piperazine rings is 1. The van der Waals surface area contributed by atoms with Gasteiger partial charge < -0.3 is 15.1 Å². The second kappa shape index (κ2) is 11.3. The van der Waals surface area contributed by atoms with Crippen molar-refractivity contribution in [3.63, 3.8) is 0 Å². The number of hydrogen-bond donors (Lipinski definition) is 1. The summed E-state index contributed by atoms with van der Waals surface area (Å²) in [5.41, 5.74) is 4.35. The highest BCUT2D eigenvalue weighted by Crippen LogP contribution is 2.31. The molecule has 4 rings (SSSR count). The van der Waals surface area contributed by atoms with Gasteiger partial charge in [0.05, 0.1) is 17.9 Å². The van der Waals surface area contributed by atoms with Gasteiger partial charge in [0.25, 0.3) is 0 Å². The SMILES string of the molecule is Cc1cccc(NC(=O)N(Cc2c(C)nn(-c3cccc(F)c3)c2N2CCN(C(C)C)CC2)C(C)C)c1. The van der Waals surface area contributed by atoms with Gasteiger partial charge in [-0.25, -0.2) is 13.9 Å². The maximum absolute atomic E-state index is 14.2. The zero-order valence-corrected chi connectivity index (χ0v) is 22.8. The van der Waals surface area contributed by atoms with Crippen LogP contribution < -0.4 is 10.2 Å². The highest BCUT2D eigenvalue weighted by Gasteiger charge is 2.29. The van der Waals surface area contributed by atoms with Gasteiger partial charge in [-0.2, -0.15) is 5.10 Å². The number of amides is 2. The quantitative estimate of drug-likeness (QED) is 0.453. The molecule has 2 aromatic carbocycles. The number of halogens is 1. The van der Waals surface area contributed by atoms with E-state index in [1.165, 1.54) is 12.1 Å². The molecule has 1 N–H and O–H groups in total. The summed E-state index contributed by atoms with van der Waals surface area (Å²) in [6.45, 7) is 16.4. The molecule has 1 aliphatic rings. The Morgan fingerprint density at radius 2 is 1.73 bits per heavy atom. The average Bonchev–Trinajstić information content (AvgIpc) is 3.18. The zero-order valence-electron chi connectivity index (χ0n) is 22.8. The highest BCUT2D eigenvalue weighted by atomic mass is 19.1. The fourth-order valence-electron chi connectivity index (χ4n) is 4.87. The summed E-state index contributed by atoms with van der Waals surface area (Å²) >= 11 is 0. The number of nitrogens with one attached hydrogen (secondary N) is 1. The third-order valence-corrected chi connectivity index (χ3v) is 7.04. The van der Waals surface area contributed by atoms with E-state index >= 15 is 0 Å². The van der Waals surface area contributed by atoms with E-state index in [-0.39, 0.29) is 17.9 Å². The zero-order chi connectivity index (χ0) is 26.7. The van der Waals surface area contributed by atoms with E-state index in [1.54, 1.807) is 6.07 Å². The lowest BCUT2D eigenvalue weighted by Gasteiger charge is -2.39. The second-order valence-corrected chi connectivity index (χ2v) is 10.4. The lowest BCUT2D eigenvalue weighted by atomic mass is 10.1. The minimum absolute atomic E-state index is 0.0348. The number of carbonyl (C=O) groups excluding carboxylic acids is 1. The summed E-state index contributed by atoms with van der Waals surface area (Å²) in [7, 11) is 0. The standard InChI is InChI=1S/C29H39FN6O/c1-20(2)33-13-15-34(16-14-33)28-27(23(6)32-36(28)26-12-8-10-24(30)18-26)19-35(21(3)4)29(37)31-25-11-7-9-22(5)17-25/h7-12,17-18,20-21H,13-16,19H2,1-6H3,(H,31,37). The molecule has 0 aliphatic carbocycles. The number of aryl methyl sites for hydroxylation is 2. The van der Waals surface area contributed by atoms with Gasteiger partial charge in [0.2, 0.25) is 0 Å². The summed E-state index contributed by atoms with van der Waals surface area (Å²) in [4.78, 5) is 20.0. The lowest BCUT2D eigenvalue weighted by Crippen LogP contribution is -2.49. The van der Waals surface area contributed by atoms with Crippen molar-refractivity contribution in [3.8, 4) is 5.69 Å². The fraction of sp³-hybridized carbons (Fsp3) is 0.448. The monoisotopic (exact) mass is 506 g/mol. The number of rotatable bonds is 7. The third kappa shape index (κ3) is 6.13. The van der Waals surface area contributed by atoms with E-state index in [4.69, 9.17) is 5.10 Å². The van der Waals surface area contributed by atoms with E-state index in [2.05, 4.69) is 29.0 Å². The van der Waals surface area contributed by atoms with Crippen molar-refractivity contribution in [2.75, 3.05) is 36.4 Å². The Hall–Kier alpha value is -3.39. The molecule has 0 spiro atoms. The van der Waals surface area contributed by atoms with Gasteiger partial charge in [-0.1, -0.05) is 18.2 Å². The highest BCUT2D eigenvalue weighted by molar-refractivity contribution is 5.89. The van der Waals surface area contributed by atoms with Gasteiger partial charge in [0.15, 0.2) is 0 Å². The molecule has 2 amide bonds. The van der Waals surface area contributed by atoms with Gasteiger partial charge in [-0.05, 0) is 77.4 Å². The van der Waals surface area contributed by atoms with Crippen LogP contribution in [0.1, 0.15) is 44.5 Å². The largest absolute Gasteiger partial charge is 0.354 e. The molecule has 0 saturated carbocycles. The van der Waals surface area contributed by atoms with Gasteiger partial charge in [-0.15, -0.1) is 0 Å². The molecule has 0 unspecified atom stereocenters. The molecule has 0 atom stereocenters. The van der Waals surface area contributed by atoms with Gasteiger partial charge in [-0.3, -0.25) is 4.90 Å². The first-order chi connectivity index (χ1) is 17.6. The average molecular weight is 507 g/mol. The smallest absolute Gasteiger partial charge is 0.322 e. The summed E-state index contributed by atoms with van der Waals surface area (Å²) in [6.07, 6.45) is 0. The van der Waals surface area contributed by atoms with Crippen LogP contribution in [0, 0.1) is 19.7 Å². The number of hydrogen-bond acceptors (Lipinski definition) is 4. The Bertz CT molecular complexity index is 1230. The van der Waals surface area contributed by atoms with Crippen LogP contribution in [0.15, 0.2) is 48.5 Å². The van der Waals surface area contributed by atoms with E-state index in [9.17, 15) is 9.18 Å². The summed E-state index contributed by atoms with van der Waals surface area (Å²) in [5, 5.41) is 7.91. The summed E-state index contributed by atoms with van der Waals surface area (Å²) in [5.74, 6) is 0.629. The molecule has 0 bridgehead atoms. The first kappa shape index (κ1) is 26.7. The van der Waals surface area contributed by atoms with Crippen molar-refractivity contribution in [2.24, 2.45) is 0 Å². The van der Waals surface area contributed by atoms with E-state index in [0.29, 0.717) is 18.3 Å². The van der Waals surface area contributed by atoms with Crippen LogP contribution in [-0.2, 0) is 6.54 Å². The Kier molecular flexibility index (Phi) is 8.17. The van der Waals surface area contributed by atoms with Crippen molar-refractivity contribution >= 4 is 17.5 Å². The first-order valence-corrected chi connectivity index (χ1v) is 13.1. The van der Waals surface area contributed by atoms with Crippen LogP contribution in [0.2, 0.25) is 0 Å². The van der Waals surface area contributed by atoms with Gasteiger partial charge in [0.1, 0.15) is 11.6 Å². The fourth-order valence-corrected chi connectivity index (χ4v) is 4.87. The minimum atomic E-state index is -0.302.